The highest BCUT2D eigenvalue weighted by atomic mass is 16.1. The molecule has 1 unspecified atom stereocenters. The molecule has 2 rings (SSSR count). The lowest BCUT2D eigenvalue weighted by Crippen LogP contribution is -2.22. The molecule has 1 atom stereocenters. The Hall–Kier alpha value is -1.78. The van der Waals surface area contributed by atoms with E-state index >= 15 is 0 Å². The number of amides is 1. The number of carbonyl (C=O) groups excluding carboxylic acids is 1. The number of hydrogen-bond donors (Lipinski definition) is 3. The minimum Gasteiger partial charge on any atom is -0.384 e. The minimum absolute atomic E-state index is 0.107. The highest BCUT2D eigenvalue weighted by molar-refractivity contribution is 5.79. The van der Waals surface area contributed by atoms with E-state index in [1.165, 1.54) is 0 Å². The van der Waals surface area contributed by atoms with Crippen LogP contribution in [0.15, 0.2) is 18.5 Å². The van der Waals surface area contributed by atoms with Crippen molar-refractivity contribution < 1.29 is 4.79 Å². The minimum atomic E-state index is 0.107. The zero-order valence-electron chi connectivity index (χ0n) is 9.99. The van der Waals surface area contributed by atoms with E-state index in [0.717, 1.165) is 24.3 Å². The maximum absolute atomic E-state index is 11.1. The van der Waals surface area contributed by atoms with Crippen LogP contribution in [0.1, 0.15) is 19.8 Å². The summed E-state index contributed by atoms with van der Waals surface area (Å²) in [6.45, 7) is 3.75. The van der Waals surface area contributed by atoms with Gasteiger partial charge in [0.2, 0.25) is 5.91 Å². The van der Waals surface area contributed by atoms with Crippen LogP contribution in [0.25, 0.3) is 0 Å². The molecule has 3 N–H and O–H groups in total. The predicted octanol–water partition coefficient (Wildman–Crippen LogP) is 1.20. The van der Waals surface area contributed by atoms with Gasteiger partial charge < -0.3 is 16.0 Å². The van der Waals surface area contributed by atoms with Gasteiger partial charge in [-0.2, -0.15) is 0 Å². The van der Waals surface area contributed by atoms with E-state index in [9.17, 15) is 4.79 Å². The molecular weight excluding hydrogens is 216 g/mol. The van der Waals surface area contributed by atoms with Crippen molar-refractivity contribution in [2.45, 2.75) is 25.8 Å². The first-order valence-corrected chi connectivity index (χ1v) is 6.00. The quantitative estimate of drug-likeness (QED) is 0.716. The largest absolute Gasteiger partial charge is 0.384 e. The summed E-state index contributed by atoms with van der Waals surface area (Å²) in [6.07, 6.45) is 5.20. The van der Waals surface area contributed by atoms with E-state index in [0.29, 0.717) is 13.0 Å². The first kappa shape index (κ1) is 11.7. The van der Waals surface area contributed by atoms with Crippen molar-refractivity contribution in [2.75, 3.05) is 23.7 Å². The second-order valence-corrected chi connectivity index (χ2v) is 4.24. The second kappa shape index (κ2) is 5.52. The first-order valence-electron chi connectivity index (χ1n) is 6.00. The Labute approximate surface area is 101 Å². The van der Waals surface area contributed by atoms with E-state index in [2.05, 4.69) is 27.9 Å². The van der Waals surface area contributed by atoms with Gasteiger partial charge in [0.1, 0.15) is 0 Å². The van der Waals surface area contributed by atoms with Crippen LogP contribution in [0.3, 0.4) is 0 Å². The molecule has 17 heavy (non-hydrogen) atoms. The van der Waals surface area contributed by atoms with Crippen LogP contribution < -0.4 is 16.0 Å². The lowest BCUT2D eigenvalue weighted by Gasteiger charge is -2.13. The number of nitrogens with zero attached hydrogens (tertiary/aromatic N) is 1. The van der Waals surface area contributed by atoms with E-state index in [1.807, 2.05) is 6.07 Å². The number of aromatic nitrogens is 1. The summed E-state index contributed by atoms with van der Waals surface area (Å²) >= 11 is 0. The molecule has 1 fully saturated rings. The maximum atomic E-state index is 11.1. The Morgan fingerprint density at radius 2 is 2.29 bits per heavy atom. The van der Waals surface area contributed by atoms with Crippen LogP contribution in [0.5, 0.6) is 0 Å². The Kier molecular flexibility index (Phi) is 3.80. The van der Waals surface area contributed by atoms with Gasteiger partial charge in [-0.25, -0.2) is 0 Å². The zero-order valence-corrected chi connectivity index (χ0v) is 9.99. The molecule has 1 amide bonds. The molecular formula is C12H18N4O. The van der Waals surface area contributed by atoms with Crippen molar-refractivity contribution >= 4 is 17.3 Å². The third kappa shape index (κ3) is 3.34. The number of carbonyl (C=O) groups is 1. The molecule has 0 spiro atoms. The average molecular weight is 234 g/mol. The van der Waals surface area contributed by atoms with E-state index < -0.39 is 0 Å². The van der Waals surface area contributed by atoms with Gasteiger partial charge in [0.05, 0.1) is 29.8 Å². The molecule has 0 aromatic carbocycles. The smallest absolute Gasteiger partial charge is 0.222 e. The van der Waals surface area contributed by atoms with Crippen LogP contribution >= 0.6 is 0 Å². The molecule has 2 heterocycles. The number of rotatable bonds is 5. The van der Waals surface area contributed by atoms with Crippen molar-refractivity contribution in [1.29, 1.82) is 0 Å². The van der Waals surface area contributed by atoms with Gasteiger partial charge in [-0.15, -0.1) is 0 Å². The molecule has 1 aromatic rings. The highest BCUT2D eigenvalue weighted by Gasteiger charge is 2.20. The van der Waals surface area contributed by atoms with E-state index in [1.54, 1.807) is 12.4 Å². The summed E-state index contributed by atoms with van der Waals surface area (Å²) in [5, 5.41) is 9.39. The summed E-state index contributed by atoms with van der Waals surface area (Å²) in [7, 11) is 0. The van der Waals surface area contributed by atoms with Gasteiger partial charge in [0, 0.05) is 19.5 Å². The van der Waals surface area contributed by atoms with Crippen LogP contribution in [0, 0.1) is 0 Å². The second-order valence-electron chi connectivity index (χ2n) is 4.24. The lowest BCUT2D eigenvalue weighted by atomic mass is 10.2. The molecule has 1 aromatic heterocycles. The molecule has 0 radical (unpaired) electrons. The molecule has 0 saturated carbocycles. The molecule has 1 saturated heterocycles. The zero-order chi connectivity index (χ0) is 12.1. The van der Waals surface area contributed by atoms with Gasteiger partial charge in [0.25, 0.3) is 0 Å². The lowest BCUT2D eigenvalue weighted by molar-refractivity contribution is -0.119. The summed E-state index contributed by atoms with van der Waals surface area (Å²) in [4.78, 5) is 15.2. The molecule has 1 aliphatic rings. The van der Waals surface area contributed by atoms with E-state index in [4.69, 9.17) is 0 Å². The van der Waals surface area contributed by atoms with Crippen molar-refractivity contribution in [1.82, 2.24) is 10.3 Å². The number of pyridine rings is 1. The monoisotopic (exact) mass is 234 g/mol. The van der Waals surface area contributed by atoms with Crippen molar-refractivity contribution in [3.05, 3.63) is 18.5 Å². The third-order valence-electron chi connectivity index (χ3n) is 2.67. The fourth-order valence-corrected chi connectivity index (χ4v) is 1.83. The van der Waals surface area contributed by atoms with Gasteiger partial charge in [-0.3, -0.25) is 9.78 Å². The third-order valence-corrected chi connectivity index (χ3v) is 2.67. The SMILES string of the molecule is CCCNc1cncc(NC2CNC(=O)C2)c1. The molecule has 5 heteroatoms. The number of hydrogen-bond acceptors (Lipinski definition) is 4. The number of anilines is 2. The van der Waals surface area contributed by atoms with Gasteiger partial charge in [0.15, 0.2) is 0 Å². The van der Waals surface area contributed by atoms with Crippen LogP contribution in [-0.4, -0.2) is 30.0 Å². The van der Waals surface area contributed by atoms with Gasteiger partial charge >= 0.3 is 0 Å². The van der Waals surface area contributed by atoms with E-state index in [-0.39, 0.29) is 11.9 Å². The van der Waals surface area contributed by atoms with Crippen LogP contribution in [0.4, 0.5) is 11.4 Å². The Morgan fingerprint density at radius 1 is 1.47 bits per heavy atom. The topological polar surface area (TPSA) is 66.1 Å². The molecule has 5 nitrogen and oxygen atoms in total. The van der Waals surface area contributed by atoms with Crippen molar-refractivity contribution in [2.24, 2.45) is 0 Å². The molecule has 92 valence electrons. The van der Waals surface area contributed by atoms with Crippen molar-refractivity contribution in [3.63, 3.8) is 0 Å². The van der Waals surface area contributed by atoms with Gasteiger partial charge in [-0.05, 0) is 12.5 Å². The first-order chi connectivity index (χ1) is 8.28. The molecule has 0 bridgehead atoms. The van der Waals surface area contributed by atoms with Crippen molar-refractivity contribution in [3.8, 4) is 0 Å². The molecule has 0 aliphatic carbocycles. The van der Waals surface area contributed by atoms with Gasteiger partial charge in [-0.1, -0.05) is 6.92 Å². The normalized spacial score (nSPS) is 18.9. The molecule has 1 aliphatic heterocycles. The summed E-state index contributed by atoms with van der Waals surface area (Å²) in [5.74, 6) is 0.107. The Bertz CT molecular complexity index is 394. The maximum Gasteiger partial charge on any atom is 0.222 e. The average Bonchev–Trinajstić information content (AvgIpc) is 2.73. The summed E-state index contributed by atoms with van der Waals surface area (Å²) < 4.78 is 0. The number of nitrogens with one attached hydrogen (secondary N) is 3. The highest BCUT2D eigenvalue weighted by Crippen LogP contribution is 2.15. The van der Waals surface area contributed by atoms with Crippen LogP contribution in [-0.2, 0) is 4.79 Å². The fourth-order valence-electron chi connectivity index (χ4n) is 1.83. The fraction of sp³-hybridized carbons (Fsp3) is 0.500. The predicted molar refractivity (Wildman–Crippen MR) is 68.1 cm³/mol. The Morgan fingerprint density at radius 3 is 3.00 bits per heavy atom. The standard InChI is InChI=1S/C12H18N4O/c1-2-3-14-9-4-10(7-13-6-9)16-11-5-12(17)15-8-11/h4,6-7,11,14,16H,2-3,5,8H2,1H3,(H,15,17). The summed E-state index contributed by atoms with van der Waals surface area (Å²) in [6, 6.07) is 2.19. The summed E-state index contributed by atoms with van der Waals surface area (Å²) in [5.41, 5.74) is 1.96. The van der Waals surface area contributed by atoms with Crippen LogP contribution in [0.2, 0.25) is 0 Å². The Balaban J connectivity index is 1.93.